The minimum Gasteiger partial charge on any atom is -0.378 e. The molecule has 1 spiro atoms. The van der Waals surface area contributed by atoms with Gasteiger partial charge in [0.05, 0.1) is 6.10 Å². The quantitative estimate of drug-likeness (QED) is 0.737. The first kappa shape index (κ1) is 11.9. The predicted molar refractivity (Wildman–Crippen MR) is 67.2 cm³/mol. The van der Waals surface area contributed by atoms with E-state index in [2.05, 4.69) is 4.90 Å². The molecule has 0 radical (unpaired) electrons. The molecule has 0 N–H and O–H groups in total. The van der Waals surface area contributed by atoms with Crippen LogP contribution in [-0.2, 0) is 9.47 Å². The normalized spacial score (nSPS) is 40.4. The van der Waals surface area contributed by atoms with Crippen molar-refractivity contribution in [1.82, 2.24) is 4.90 Å². The zero-order valence-electron chi connectivity index (χ0n) is 11.0. The maximum absolute atomic E-state index is 6.11. The molecule has 3 heteroatoms. The Hall–Kier alpha value is -0.120. The van der Waals surface area contributed by atoms with Gasteiger partial charge in [0.15, 0.2) is 0 Å². The van der Waals surface area contributed by atoms with Gasteiger partial charge in [-0.2, -0.15) is 0 Å². The Kier molecular flexibility index (Phi) is 3.42. The van der Waals surface area contributed by atoms with E-state index in [1.165, 1.54) is 45.1 Å². The predicted octanol–water partition coefficient (Wildman–Crippen LogP) is 2.20. The monoisotopic (exact) mass is 239 g/mol. The molecule has 0 aromatic rings. The van der Waals surface area contributed by atoms with Crippen LogP contribution in [-0.4, -0.2) is 49.5 Å². The zero-order chi connectivity index (χ0) is 11.7. The summed E-state index contributed by atoms with van der Waals surface area (Å²) in [7, 11) is 1.85. The highest BCUT2D eigenvalue weighted by molar-refractivity contribution is 5.00. The van der Waals surface area contributed by atoms with E-state index >= 15 is 0 Å². The van der Waals surface area contributed by atoms with Gasteiger partial charge in [0, 0.05) is 32.8 Å². The highest BCUT2D eigenvalue weighted by Gasteiger charge is 2.48. The summed E-state index contributed by atoms with van der Waals surface area (Å²) >= 11 is 0. The second-order valence-electron chi connectivity index (χ2n) is 5.94. The topological polar surface area (TPSA) is 21.7 Å². The molecule has 3 aliphatic rings. The average molecular weight is 239 g/mol. The molecular formula is C14H25NO2. The molecular weight excluding hydrogens is 214 g/mol. The first-order valence-corrected chi connectivity index (χ1v) is 7.25. The van der Waals surface area contributed by atoms with Gasteiger partial charge < -0.3 is 9.47 Å². The molecule has 1 saturated carbocycles. The first-order chi connectivity index (χ1) is 8.34. The van der Waals surface area contributed by atoms with Crippen LogP contribution in [0.15, 0.2) is 0 Å². The minimum atomic E-state index is 0.0234. The van der Waals surface area contributed by atoms with Gasteiger partial charge in [0.2, 0.25) is 0 Å². The molecule has 98 valence electrons. The van der Waals surface area contributed by atoms with Crippen LogP contribution in [0.25, 0.3) is 0 Å². The molecule has 0 aromatic heterocycles. The first-order valence-electron chi connectivity index (χ1n) is 7.25. The fourth-order valence-corrected chi connectivity index (χ4v) is 4.08. The highest BCUT2D eigenvalue weighted by Crippen LogP contribution is 2.38. The molecule has 3 fully saturated rings. The lowest BCUT2D eigenvalue weighted by Gasteiger charge is -2.46. The second kappa shape index (κ2) is 4.87. The van der Waals surface area contributed by atoms with Crippen molar-refractivity contribution in [2.45, 2.75) is 62.7 Å². The van der Waals surface area contributed by atoms with E-state index in [4.69, 9.17) is 9.47 Å². The van der Waals surface area contributed by atoms with Crippen molar-refractivity contribution in [2.75, 3.05) is 26.8 Å². The second-order valence-corrected chi connectivity index (χ2v) is 5.94. The van der Waals surface area contributed by atoms with Crippen LogP contribution in [0, 0.1) is 0 Å². The fourth-order valence-electron chi connectivity index (χ4n) is 4.08. The van der Waals surface area contributed by atoms with Crippen LogP contribution in [0.3, 0.4) is 0 Å². The van der Waals surface area contributed by atoms with Gasteiger partial charge in [0.25, 0.3) is 0 Å². The molecule has 0 aromatic carbocycles. The van der Waals surface area contributed by atoms with Crippen LogP contribution in [0.2, 0.25) is 0 Å². The molecule has 0 unspecified atom stereocenters. The number of methoxy groups -OCH3 is 1. The third-order valence-corrected chi connectivity index (χ3v) is 5.00. The molecule has 2 atom stereocenters. The van der Waals surface area contributed by atoms with E-state index in [-0.39, 0.29) is 5.60 Å². The number of hydrogen-bond donors (Lipinski definition) is 0. The fraction of sp³-hybridized carbons (Fsp3) is 1.00. The lowest BCUT2D eigenvalue weighted by atomic mass is 9.86. The molecule has 2 heterocycles. The van der Waals surface area contributed by atoms with Crippen LogP contribution in [0.5, 0.6) is 0 Å². The Balaban J connectivity index is 1.70. The number of piperidine rings is 1. The smallest absolute Gasteiger partial charge is 0.107 e. The lowest BCUT2D eigenvalue weighted by Crippen LogP contribution is -2.59. The molecule has 3 rings (SSSR count). The van der Waals surface area contributed by atoms with Crippen LogP contribution < -0.4 is 0 Å². The number of ether oxygens (including phenoxy) is 2. The number of hydrogen-bond acceptors (Lipinski definition) is 3. The van der Waals surface area contributed by atoms with E-state index in [1.54, 1.807) is 0 Å². The summed E-state index contributed by atoms with van der Waals surface area (Å²) in [5, 5.41) is 0. The van der Waals surface area contributed by atoms with Gasteiger partial charge in [-0.15, -0.1) is 0 Å². The minimum absolute atomic E-state index is 0.0234. The number of nitrogens with zero attached hydrogens (tertiary/aromatic N) is 1. The van der Waals surface area contributed by atoms with E-state index in [9.17, 15) is 0 Å². The Morgan fingerprint density at radius 2 is 2.00 bits per heavy atom. The summed E-state index contributed by atoms with van der Waals surface area (Å²) in [5.74, 6) is 0. The average Bonchev–Trinajstić information content (AvgIpc) is 3.00. The van der Waals surface area contributed by atoms with Crippen LogP contribution >= 0.6 is 0 Å². The Labute approximate surface area is 104 Å². The van der Waals surface area contributed by atoms with Crippen molar-refractivity contribution in [2.24, 2.45) is 0 Å². The van der Waals surface area contributed by atoms with Crippen molar-refractivity contribution in [3.8, 4) is 0 Å². The lowest BCUT2D eigenvalue weighted by molar-refractivity contribution is -0.149. The van der Waals surface area contributed by atoms with Crippen molar-refractivity contribution in [1.29, 1.82) is 0 Å². The summed E-state index contributed by atoms with van der Waals surface area (Å²) < 4.78 is 11.8. The third kappa shape index (κ3) is 2.13. The Morgan fingerprint density at radius 1 is 1.18 bits per heavy atom. The number of rotatable bonds is 2. The molecule has 0 amide bonds. The standard InChI is InChI=1S/C14H25NO2/c1-16-13-7-9-15(12-5-2-3-6-12)11-14(13)8-4-10-17-14/h12-13H,2-11H2,1H3/t13-,14-/m0/s1. The molecule has 17 heavy (non-hydrogen) atoms. The van der Waals surface area contributed by atoms with E-state index in [0.29, 0.717) is 6.10 Å². The summed E-state index contributed by atoms with van der Waals surface area (Å²) in [6.45, 7) is 3.24. The van der Waals surface area contributed by atoms with Gasteiger partial charge >= 0.3 is 0 Å². The zero-order valence-corrected chi connectivity index (χ0v) is 11.0. The molecule has 0 bridgehead atoms. The summed E-state index contributed by atoms with van der Waals surface area (Å²) in [6, 6.07) is 0.828. The van der Waals surface area contributed by atoms with E-state index in [0.717, 1.165) is 25.6 Å². The molecule has 1 aliphatic carbocycles. The van der Waals surface area contributed by atoms with Gasteiger partial charge in [-0.25, -0.2) is 0 Å². The summed E-state index contributed by atoms with van der Waals surface area (Å²) in [6.07, 6.45) is 9.50. The molecule has 3 nitrogen and oxygen atoms in total. The van der Waals surface area contributed by atoms with Crippen molar-refractivity contribution in [3.05, 3.63) is 0 Å². The number of likely N-dealkylation sites (tertiary alicyclic amines) is 1. The Bertz CT molecular complexity index is 257. The van der Waals surface area contributed by atoms with Gasteiger partial charge in [0.1, 0.15) is 5.60 Å². The van der Waals surface area contributed by atoms with Gasteiger partial charge in [-0.3, -0.25) is 4.90 Å². The van der Waals surface area contributed by atoms with Crippen molar-refractivity contribution in [3.63, 3.8) is 0 Å². The molecule has 2 aliphatic heterocycles. The Morgan fingerprint density at radius 3 is 2.65 bits per heavy atom. The van der Waals surface area contributed by atoms with E-state index < -0.39 is 0 Å². The maximum Gasteiger partial charge on any atom is 0.107 e. The van der Waals surface area contributed by atoms with Gasteiger partial charge in [-0.05, 0) is 32.1 Å². The molecule has 2 saturated heterocycles. The van der Waals surface area contributed by atoms with Crippen molar-refractivity contribution < 1.29 is 9.47 Å². The third-order valence-electron chi connectivity index (χ3n) is 5.00. The van der Waals surface area contributed by atoms with Crippen LogP contribution in [0.4, 0.5) is 0 Å². The maximum atomic E-state index is 6.11. The SMILES string of the molecule is CO[C@H]1CCN(C2CCCC2)C[C@@]12CCCO2. The summed E-state index contributed by atoms with van der Waals surface area (Å²) in [4.78, 5) is 2.69. The van der Waals surface area contributed by atoms with Crippen LogP contribution in [0.1, 0.15) is 44.9 Å². The van der Waals surface area contributed by atoms with E-state index in [1.807, 2.05) is 7.11 Å². The summed E-state index contributed by atoms with van der Waals surface area (Å²) in [5.41, 5.74) is 0.0234. The van der Waals surface area contributed by atoms with Gasteiger partial charge in [-0.1, -0.05) is 12.8 Å². The van der Waals surface area contributed by atoms with Crippen molar-refractivity contribution >= 4 is 0 Å². The highest BCUT2D eigenvalue weighted by atomic mass is 16.5. The largest absolute Gasteiger partial charge is 0.378 e.